The van der Waals surface area contributed by atoms with Gasteiger partial charge in [-0.3, -0.25) is 0 Å². The normalized spacial score (nSPS) is 10.9. The van der Waals surface area contributed by atoms with Crippen molar-refractivity contribution in [1.29, 1.82) is 0 Å². The number of aromatic nitrogens is 3. The molecule has 0 aliphatic rings. The zero-order valence-electron chi connectivity index (χ0n) is 9.05. The molecule has 0 saturated heterocycles. The van der Waals surface area contributed by atoms with Crippen LogP contribution in [0, 0.1) is 0 Å². The van der Waals surface area contributed by atoms with Gasteiger partial charge in [-0.05, 0) is 29.8 Å². The van der Waals surface area contributed by atoms with Crippen LogP contribution in [0.1, 0.15) is 11.4 Å². The molecule has 0 amide bonds. The Hall–Kier alpha value is -1.87. The zero-order chi connectivity index (χ0) is 11.7. The lowest BCUT2D eigenvalue weighted by molar-refractivity contribution is 0.900. The summed E-state index contributed by atoms with van der Waals surface area (Å²) in [6, 6.07) is 13.6. The topological polar surface area (TPSA) is 30.2 Å². The molecule has 2 heterocycles. The van der Waals surface area contributed by atoms with Crippen LogP contribution in [0.25, 0.3) is 5.65 Å². The summed E-state index contributed by atoms with van der Waals surface area (Å²) in [6.07, 6.45) is 2.62. The lowest BCUT2D eigenvalue weighted by Gasteiger charge is -1.96. The first-order valence-corrected chi connectivity index (χ1v) is 5.74. The van der Waals surface area contributed by atoms with Gasteiger partial charge in [0.15, 0.2) is 11.5 Å². The van der Waals surface area contributed by atoms with Crippen LogP contribution in [0.15, 0.2) is 48.7 Å². The van der Waals surface area contributed by atoms with E-state index in [1.807, 2.05) is 48.7 Å². The third-order valence-electron chi connectivity index (χ3n) is 2.56. The second-order valence-corrected chi connectivity index (χ2v) is 4.27. The molecule has 3 aromatic rings. The van der Waals surface area contributed by atoms with Crippen molar-refractivity contribution < 1.29 is 0 Å². The number of rotatable bonds is 2. The first-order valence-electron chi connectivity index (χ1n) is 5.36. The second kappa shape index (κ2) is 4.18. The van der Waals surface area contributed by atoms with Crippen molar-refractivity contribution >= 4 is 17.2 Å². The lowest BCUT2D eigenvalue weighted by Crippen LogP contribution is -1.91. The Bertz CT molecular complexity index is 610. The van der Waals surface area contributed by atoms with E-state index in [1.54, 1.807) is 4.52 Å². The molecule has 3 rings (SSSR count). The van der Waals surface area contributed by atoms with Gasteiger partial charge in [0.1, 0.15) is 0 Å². The summed E-state index contributed by atoms with van der Waals surface area (Å²) < 4.78 is 1.78. The Morgan fingerprint density at radius 3 is 2.65 bits per heavy atom. The molecule has 0 saturated carbocycles. The van der Waals surface area contributed by atoms with Crippen LogP contribution in [-0.2, 0) is 6.42 Å². The fourth-order valence-corrected chi connectivity index (χ4v) is 1.86. The van der Waals surface area contributed by atoms with E-state index in [1.165, 1.54) is 0 Å². The SMILES string of the molecule is Clc1ccc(Cc2nc3ccccn3n2)cc1. The lowest BCUT2D eigenvalue weighted by atomic mass is 10.1. The molecular weight excluding hydrogens is 234 g/mol. The summed E-state index contributed by atoms with van der Waals surface area (Å²) in [7, 11) is 0. The molecule has 0 radical (unpaired) electrons. The quantitative estimate of drug-likeness (QED) is 0.693. The Balaban J connectivity index is 1.92. The molecule has 0 spiro atoms. The average Bonchev–Trinajstić information content (AvgIpc) is 2.74. The Morgan fingerprint density at radius 1 is 1.06 bits per heavy atom. The van der Waals surface area contributed by atoms with E-state index in [0.29, 0.717) is 0 Å². The summed E-state index contributed by atoms with van der Waals surface area (Å²) in [5.41, 5.74) is 2.03. The van der Waals surface area contributed by atoms with E-state index >= 15 is 0 Å². The first-order chi connectivity index (χ1) is 8.31. The van der Waals surface area contributed by atoms with Gasteiger partial charge in [-0.2, -0.15) is 5.10 Å². The van der Waals surface area contributed by atoms with Crippen molar-refractivity contribution in [1.82, 2.24) is 14.6 Å². The molecule has 0 N–H and O–H groups in total. The minimum atomic E-state index is 0.721. The predicted molar refractivity (Wildman–Crippen MR) is 67.2 cm³/mol. The highest BCUT2D eigenvalue weighted by Crippen LogP contribution is 2.12. The van der Waals surface area contributed by atoms with Gasteiger partial charge in [0.25, 0.3) is 0 Å². The van der Waals surface area contributed by atoms with Crippen LogP contribution in [0.3, 0.4) is 0 Å². The molecule has 0 aliphatic carbocycles. The smallest absolute Gasteiger partial charge is 0.156 e. The van der Waals surface area contributed by atoms with Crippen molar-refractivity contribution in [2.75, 3.05) is 0 Å². The molecule has 84 valence electrons. The van der Waals surface area contributed by atoms with Crippen molar-refractivity contribution in [3.63, 3.8) is 0 Å². The molecule has 3 nitrogen and oxygen atoms in total. The van der Waals surface area contributed by atoms with Crippen LogP contribution in [0.5, 0.6) is 0 Å². The summed E-state index contributed by atoms with van der Waals surface area (Å²) in [6.45, 7) is 0. The molecule has 0 unspecified atom stereocenters. The third kappa shape index (κ3) is 2.15. The van der Waals surface area contributed by atoms with Gasteiger partial charge >= 0.3 is 0 Å². The molecule has 2 aromatic heterocycles. The number of fused-ring (bicyclic) bond motifs is 1. The standard InChI is InChI=1S/C13H10ClN3/c14-11-6-4-10(5-7-11)9-12-15-13-3-1-2-8-17(13)16-12/h1-8H,9H2. The van der Waals surface area contributed by atoms with Crippen molar-refractivity contribution in [3.05, 3.63) is 65.1 Å². The molecule has 17 heavy (non-hydrogen) atoms. The maximum Gasteiger partial charge on any atom is 0.156 e. The molecule has 0 atom stereocenters. The Labute approximate surface area is 104 Å². The highest BCUT2D eigenvalue weighted by molar-refractivity contribution is 6.30. The number of halogens is 1. The van der Waals surface area contributed by atoms with Crippen molar-refractivity contribution in [3.8, 4) is 0 Å². The fourth-order valence-electron chi connectivity index (χ4n) is 1.74. The molecule has 0 aliphatic heterocycles. The van der Waals surface area contributed by atoms with E-state index in [9.17, 15) is 0 Å². The summed E-state index contributed by atoms with van der Waals surface area (Å²) in [5, 5.41) is 5.15. The van der Waals surface area contributed by atoms with Crippen molar-refractivity contribution in [2.24, 2.45) is 0 Å². The largest absolute Gasteiger partial charge is 0.221 e. The van der Waals surface area contributed by atoms with Crippen LogP contribution in [0.2, 0.25) is 5.02 Å². The molecule has 0 fully saturated rings. The van der Waals surface area contributed by atoms with Gasteiger partial charge < -0.3 is 0 Å². The van der Waals surface area contributed by atoms with Crippen molar-refractivity contribution in [2.45, 2.75) is 6.42 Å². The summed E-state index contributed by atoms with van der Waals surface area (Å²) in [4.78, 5) is 4.45. The number of nitrogens with zero attached hydrogens (tertiary/aromatic N) is 3. The monoisotopic (exact) mass is 243 g/mol. The van der Waals surface area contributed by atoms with Crippen LogP contribution in [-0.4, -0.2) is 14.6 Å². The van der Waals surface area contributed by atoms with Gasteiger partial charge in [0.2, 0.25) is 0 Å². The van der Waals surface area contributed by atoms with Crippen LogP contribution >= 0.6 is 11.6 Å². The van der Waals surface area contributed by atoms with Gasteiger partial charge in [-0.15, -0.1) is 0 Å². The number of hydrogen-bond donors (Lipinski definition) is 0. The minimum absolute atomic E-state index is 0.721. The van der Waals surface area contributed by atoms with Gasteiger partial charge in [-0.1, -0.05) is 29.8 Å². The summed E-state index contributed by atoms with van der Waals surface area (Å²) >= 11 is 5.84. The third-order valence-corrected chi connectivity index (χ3v) is 2.81. The van der Waals surface area contributed by atoms with E-state index in [4.69, 9.17) is 11.6 Å². The van der Waals surface area contributed by atoms with Gasteiger partial charge in [-0.25, -0.2) is 9.50 Å². The van der Waals surface area contributed by atoms with Gasteiger partial charge in [0.05, 0.1) is 0 Å². The van der Waals surface area contributed by atoms with Crippen LogP contribution < -0.4 is 0 Å². The zero-order valence-corrected chi connectivity index (χ0v) is 9.80. The second-order valence-electron chi connectivity index (χ2n) is 3.83. The average molecular weight is 244 g/mol. The molecule has 0 bridgehead atoms. The van der Waals surface area contributed by atoms with Crippen LogP contribution in [0.4, 0.5) is 0 Å². The molecule has 4 heteroatoms. The molecule has 1 aromatic carbocycles. The number of pyridine rings is 1. The van der Waals surface area contributed by atoms with E-state index in [2.05, 4.69) is 10.1 Å². The maximum atomic E-state index is 5.84. The van der Waals surface area contributed by atoms with E-state index < -0.39 is 0 Å². The number of benzene rings is 1. The highest BCUT2D eigenvalue weighted by atomic mass is 35.5. The minimum Gasteiger partial charge on any atom is -0.221 e. The predicted octanol–water partition coefficient (Wildman–Crippen LogP) is 2.97. The molecular formula is C13H10ClN3. The Kier molecular flexibility index (Phi) is 2.53. The highest BCUT2D eigenvalue weighted by Gasteiger charge is 2.03. The Morgan fingerprint density at radius 2 is 1.88 bits per heavy atom. The van der Waals surface area contributed by atoms with E-state index in [0.717, 1.165) is 28.5 Å². The summed E-state index contributed by atoms with van der Waals surface area (Å²) in [5.74, 6) is 0.818. The maximum absolute atomic E-state index is 5.84. The number of hydrogen-bond acceptors (Lipinski definition) is 2. The first kappa shape index (κ1) is 10.3. The fraction of sp³-hybridized carbons (Fsp3) is 0.0769. The van der Waals surface area contributed by atoms with Gasteiger partial charge in [0, 0.05) is 17.6 Å². The van der Waals surface area contributed by atoms with E-state index in [-0.39, 0.29) is 0 Å².